The topological polar surface area (TPSA) is 88.7 Å². The van der Waals surface area contributed by atoms with E-state index in [9.17, 15) is 9.90 Å². The van der Waals surface area contributed by atoms with E-state index in [4.69, 9.17) is 10.5 Å². The molecule has 0 aliphatic heterocycles. The molecular weight excluding hydrogens is 234 g/mol. The number of nitrogens with two attached hydrogens (primary N) is 1. The summed E-state index contributed by atoms with van der Waals surface area (Å²) in [5.41, 5.74) is 5.86. The predicted octanol–water partition coefficient (Wildman–Crippen LogP) is 2.20. The minimum atomic E-state index is -1.05. The average molecular weight is 253 g/mol. The zero-order valence-electron chi connectivity index (χ0n) is 11.1. The first-order valence-corrected chi connectivity index (χ1v) is 5.54. The van der Waals surface area contributed by atoms with Gasteiger partial charge >= 0.3 is 6.09 Å². The van der Waals surface area contributed by atoms with E-state index < -0.39 is 6.09 Å². The summed E-state index contributed by atoms with van der Waals surface area (Å²) in [6, 6.07) is 1.52. The summed E-state index contributed by atoms with van der Waals surface area (Å²) in [7, 11) is 1.48. The van der Waals surface area contributed by atoms with Crippen LogP contribution < -0.4 is 15.4 Å². The van der Waals surface area contributed by atoms with Gasteiger partial charge in [0, 0.05) is 12.6 Å². The zero-order valence-corrected chi connectivity index (χ0v) is 11.1. The predicted molar refractivity (Wildman–Crippen MR) is 70.0 cm³/mol. The number of ether oxygens (including phenoxy) is 1. The molecule has 0 bridgehead atoms. The summed E-state index contributed by atoms with van der Waals surface area (Å²) in [5, 5.41) is 9.24. The number of aromatic nitrogens is 1. The summed E-state index contributed by atoms with van der Waals surface area (Å²) in [6.07, 6.45) is 0.344. The van der Waals surface area contributed by atoms with Gasteiger partial charge in [0.1, 0.15) is 11.6 Å². The normalized spacial score (nSPS) is 11.1. The molecule has 0 fully saturated rings. The molecule has 3 N–H and O–H groups in total. The second-order valence-electron chi connectivity index (χ2n) is 5.21. The highest BCUT2D eigenvalue weighted by Crippen LogP contribution is 2.27. The fourth-order valence-electron chi connectivity index (χ4n) is 1.48. The number of amides is 1. The second kappa shape index (κ2) is 5.12. The highest BCUT2D eigenvalue weighted by molar-refractivity contribution is 5.85. The lowest BCUT2D eigenvalue weighted by atomic mass is 9.96. The molecule has 1 rings (SSSR count). The summed E-state index contributed by atoms with van der Waals surface area (Å²) >= 11 is 0. The number of pyridine rings is 1. The molecule has 100 valence electrons. The molecule has 1 amide bonds. The Kier molecular flexibility index (Phi) is 4.00. The van der Waals surface area contributed by atoms with Crippen molar-refractivity contribution in [3.63, 3.8) is 0 Å². The Morgan fingerprint density at radius 2 is 2.17 bits per heavy atom. The number of nitrogens with zero attached hydrogens (tertiary/aromatic N) is 2. The van der Waals surface area contributed by atoms with Crippen LogP contribution in [0, 0.1) is 5.41 Å². The molecule has 1 heterocycles. The van der Waals surface area contributed by atoms with Crippen molar-refractivity contribution in [1.82, 2.24) is 4.98 Å². The van der Waals surface area contributed by atoms with E-state index in [0.29, 0.717) is 23.8 Å². The van der Waals surface area contributed by atoms with E-state index in [0.717, 1.165) is 0 Å². The number of nitrogen functional groups attached to an aromatic ring is 1. The first-order valence-electron chi connectivity index (χ1n) is 5.54. The van der Waals surface area contributed by atoms with E-state index in [1.165, 1.54) is 24.3 Å². The van der Waals surface area contributed by atoms with Crippen molar-refractivity contribution in [2.75, 3.05) is 24.3 Å². The molecule has 0 radical (unpaired) electrons. The first-order chi connectivity index (χ1) is 8.24. The van der Waals surface area contributed by atoms with E-state index in [1.807, 2.05) is 20.8 Å². The third-order valence-corrected chi connectivity index (χ3v) is 2.24. The minimum absolute atomic E-state index is 0.172. The Balaban J connectivity index is 3.10. The van der Waals surface area contributed by atoms with Crippen molar-refractivity contribution in [3.8, 4) is 5.75 Å². The van der Waals surface area contributed by atoms with Crippen LogP contribution in [0.1, 0.15) is 20.8 Å². The van der Waals surface area contributed by atoms with Gasteiger partial charge < -0.3 is 15.6 Å². The fourth-order valence-corrected chi connectivity index (χ4v) is 1.48. The molecule has 0 aliphatic carbocycles. The van der Waals surface area contributed by atoms with Crippen molar-refractivity contribution in [1.29, 1.82) is 0 Å². The maximum atomic E-state index is 11.3. The van der Waals surface area contributed by atoms with Gasteiger partial charge in [0.2, 0.25) is 0 Å². The number of methoxy groups -OCH3 is 1. The van der Waals surface area contributed by atoms with Gasteiger partial charge in [-0.25, -0.2) is 9.78 Å². The molecule has 0 spiro atoms. The highest BCUT2D eigenvalue weighted by Gasteiger charge is 2.23. The lowest BCUT2D eigenvalue weighted by Crippen LogP contribution is -2.37. The SMILES string of the molecule is COc1cc(N(CC(C)(C)C)C(=O)O)ncc1N. The van der Waals surface area contributed by atoms with Crippen LogP contribution in [0.4, 0.5) is 16.3 Å². The molecule has 0 unspecified atom stereocenters. The number of hydrogen-bond acceptors (Lipinski definition) is 4. The number of carbonyl (C=O) groups is 1. The van der Waals surface area contributed by atoms with Gasteiger partial charge in [-0.2, -0.15) is 0 Å². The van der Waals surface area contributed by atoms with Crippen molar-refractivity contribution < 1.29 is 14.6 Å². The summed E-state index contributed by atoms with van der Waals surface area (Å²) in [5.74, 6) is 0.726. The largest absolute Gasteiger partial charge is 0.494 e. The number of anilines is 2. The van der Waals surface area contributed by atoms with Crippen LogP contribution in [0.3, 0.4) is 0 Å². The molecule has 18 heavy (non-hydrogen) atoms. The zero-order chi connectivity index (χ0) is 13.9. The molecule has 1 aromatic heterocycles. The molecule has 1 aromatic rings. The van der Waals surface area contributed by atoms with E-state index >= 15 is 0 Å². The third-order valence-electron chi connectivity index (χ3n) is 2.24. The smallest absolute Gasteiger partial charge is 0.413 e. The van der Waals surface area contributed by atoms with Crippen molar-refractivity contribution in [2.24, 2.45) is 5.41 Å². The van der Waals surface area contributed by atoms with E-state index in [1.54, 1.807) is 0 Å². The van der Waals surface area contributed by atoms with Gasteiger partial charge in [-0.05, 0) is 5.41 Å². The summed E-state index contributed by atoms with van der Waals surface area (Å²) in [6.45, 7) is 6.20. The Hall–Kier alpha value is -1.98. The van der Waals surface area contributed by atoms with Gasteiger partial charge in [0.05, 0.1) is 19.0 Å². The first kappa shape index (κ1) is 14.1. The van der Waals surface area contributed by atoms with Crippen molar-refractivity contribution in [2.45, 2.75) is 20.8 Å². The Morgan fingerprint density at radius 1 is 1.56 bits per heavy atom. The number of rotatable bonds is 3. The lowest BCUT2D eigenvalue weighted by Gasteiger charge is -2.27. The van der Waals surface area contributed by atoms with Crippen molar-refractivity contribution in [3.05, 3.63) is 12.3 Å². The van der Waals surface area contributed by atoms with Crippen LogP contribution in [0.15, 0.2) is 12.3 Å². The fraction of sp³-hybridized carbons (Fsp3) is 0.500. The number of carboxylic acid groups (broad SMARTS) is 1. The van der Waals surface area contributed by atoms with Crippen LogP contribution in [0.5, 0.6) is 5.75 Å². The molecule has 6 heteroatoms. The van der Waals surface area contributed by atoms with E-state index in [-0.39, 0.29) is 5.41 Å². The molecule has 0 atom stereocenters. The molecule has 0 aromatic carbocycles. The molecule has 0 saturated carbocycles. The van der Waals surface area contributed by atoms with Gasteiger partial charge in [0.25, 0.3) is 0 Å². The Morgan fingerprint density at radius 3 is 2.61 bits per heavy atom. The molecule has 6 nitrogen and oxygen atoms in total. The number of hydrogen-bond donors (Lipinski definition) is 2. The van der Waals surface area contributed by atoms with Crippen molar-refractivity contribution >= 4 is 17.6 Å². The minimum Gasteiger partial charge on any atom is -0.494 e. The molecular formula is C12H19N3O3. The summed E-state index contributed by atoms with van der Waals surface area (Å²) < 4.78 is 5.06. The Labute approximate surface area is 106 Å². The van der Waals surface area contributed by atoms with Crippen LogP contribution >= 0.6 is 0 Å². The van der Waals surface area contributed by atoms with Gasteiger partial charge in [0.15, 0.2) is 0 Å². The van der Waals surface area contributed by atoms with Crippen LogP contribution in [0.25, 0.3) is 0 Å². The van der Waals surface area contributed by atoms with Gasteiger partial charge in [-0.15, -0.1) is 0 Å². The second-order valence-corrected chi connectivity index (χ2v) is 5.21. The van der Waals surface area contributed by atoms with E-state index in [2.05, 4.69) is 4.98 Å². The summed E-state index contributed by atoms with van der Waals surface area (Å²) in [4.78, 5) is 16.5. The van der Waals surface area contributed by atoms with Crippen LogP contribution in [-0.4, -0.2) is 29.8 Å². The lowest BCUT2D eigenvalue weighted by molar-refractivity contribution is 0.198. The average Bonchev–Trinajstić information content (AvgIpc) is 2.25. The quantitative estimate of drug-likeness (QED) is 0.862. The monoisotopic (exact) mass is 253 g/mol. The highest BCUT2D eigenvalue weighted by atomic mass is 16.5. The third kappa shape index (κ3) is 3.51. The van der Waals surface area contributed by atoms with Crippen LogP contribution in [0.2, 0.25) is 0 Å². The maximum absolute atomic E-state index is 11.3. The Bertz CT molecular complexity index is 441. The van der Waals surface area contributed by atoms with Crippen LogP contribution in [-0.2, 0) is 0 Å². The van der Waals surface area contributed by atoms with Gasteiger partial charge in [-0.1, -0.05) is 20.8 Å². The van der Waals surface area contributed by atoms with Gasteiger partial charge in [-0.3, -0.25) is 4.90 Å². The molecule has 0 aliphatic rings. The molecule has 0 saturated heterocycles. The maximum Gasteiger partial charge on any atom is 0.413 e. The standard InChI is InChI=1S/C12H19N3O3/c1-12(2,3)7-15(11(16)17)10-5-9(18-4)8(13)6-14-10/h5-6H,7,13H2,1-4H3,(H,16,17).